The first-order valence-electron chi connectivity index (χ1n) is 5.75. The standard InChI is InChI=1S/C13H14N2O4/c1-17-12-5-3-9(8-14-12)11-7-10(15-19-11)4-6-13(16)18-2/h3,5,7-8H,4,6H2,1-2H3. The summed E-state index contributed by atoms with van der Waals surface area (Å²) < 4.78 is 14.8. The van der Waals surface area contributed by atoms with Crippen molar-refractivity contribution in [3.63, 3.8) is 0 Å². The van der Waals surface area contributed by atoms with Crippen LogP contribution >= 0.6 is 0 Å². The van der Waals surface area contributed by atoms with E-state index in [4.69, 9.17) is 9.26 Å². The number of methoxy groups -OCH3 is 2. The molecule has 0 amide bonds. The summed E-state index contributed by atoms with van der Waals surface area (Å²) in [6.45, 7) is 0. The van der Waals surface area contributed by atoms with E-state index in [1.165, 1.54) is 7.11 Å². The lowest BCUT2D eigenvalue weighted by molar-refractivity contribution is -0.140. The minimum atomic E-state index is -0.268. The molecule has 2 heterocycles. The number of carbonyl (C=O) groups is 1. The number of carbonyl (C=O) groups excluding carboxylic acids is 1. The van der Waals surface area contributed by atoms with Gasteiger partial charge in [-0.15, -0.1) is 0 Å². The fourth-order valence-corrected chi connectivity index (χ4v) is 1.54. The molecule has 0 aliphatic heterocycles. The average molecular weight is 262 g/mol. The van der Waals surface area contributed by atoms with E-state index in [1.807, 2.05) is 6.07 Å². The van der Waals surface area contributed by atoms with Crippen molar-refractivity contribution in [2.45, 2.75) is 12.8 Å². The minimum Gasteiger partial charge on any atom is -0.481 e. The Balaban J connectivity index is 2.05. The molecule has 100 valence electrons. The van der Waals surface area contributed by atoms with E-state index in [1.54, 1.807) is 25.4 Å². The second-order valence-electron chi connectivity index (χ2n) is 3.85. The molecule has 2 aromatic heterocycles. The number of esters is 1. The molecule has 0 aliphatic carbocycles. The van der Waals surface area contributed by atoms with Crippen LogP contribution in [-0.2, 0) is 16.0 Å². The van der Waals surface area contributed by atoms with E-state index in [0.29, 0.717) is 23.8 Å². The lowest BCUT2D eigenvalue weighted by Gasteiger charge is -1.98. The van der Waals surface area contributed by atoms with Crippen LogP contribution in [0, 0.1) is 0 Å². The SMILES string of the molecule is COC(=O)CCc1cc(-c2ccc(OC)nc2)on1. The highest BCUT2D eigenvalue weighted by Gasteiger charge is 2.09. The van der Waals surface area contributed by atoms with E-state index in [9.17, 15) is 4.79 Å². The summed E-state index contributed by atoms with van der Waals surface area (Å²) in [7, 11) is 2.92. The van der Waals surface area contributed by atoms with Crippen LogP contribution in [0.4, 0.5) is 0 Å². The fraction of sp³-hybridized carbons (Fsp3) is 0.308. The molecule has 6 nitrogen and oxygen atoms in total. The smallest absolute Gasteiger partial charge is 0.305 e. The summed E-state index contributed by atoms with van der Waals surface area (Å²) in [6.07, 6.45) is 2.41. The Labute approximate surface area is 110 Å². The first-order chi connectivity index (χ1) is 9.22. The van der Waals surface area contributed by atoms with E-state index in [0.717, 1.165) is 5.56 Å². The van der Waals surface area contributed by atoms with Crippen molar-refractivity contribution in [1.82, 2.24) is 10.1 Å². The van der Waals surface area contributed by atoms with E-state index < -0.39 is 0 Å². The van der Waals surface area contributed by atoms with Gasteiger partial charge in [-0.3, -0.25) is 4.79 Å². The Morgan fingerprint density at radius 3 is 2.84 bits per heavy atom. The maximum atomic E-state index is 11.0. The van der Waals surface area contributed by atoms with Crippen molar-refractivity contribution < 1.29 is 18.8 Å². The van der Waals surface area contributed by atoms with Crippen LogP contribution in [0.25, 0.3) is 11.3 Å². The molecule has 0 spiro atoms. The fourth-order valence-electron chi connectivity index (χ4n) is 1.54. The zero-order chi connectivity index (χ0) is 13.7. The first-order valence-corrected chi connectivity index (χ1v) is 5.75. The molecule has 2 rings (SSSR count). The number of hydrogen-bond acceptors (Lipinski definition) is 6. The monoisotopic (exact) mass is 262 g/mol. The molecule has 0 fully saturated rings. The molecule has 0 aliphatic rings. The van der Waals surface area contributed by atoms with Gasteiger partial charge in [-0.05, 0) is 6.07 Å². The molecule has 0 bridgehead atoms. The summed E-state index contributed by atoms with van der Waals surface area (Å²) in [6, 6.07) is 5.36. The van der Waals surface area contributed by atoms with Gasteiger partial charge in [-0.2, -0.15) is 0 Å². The van der Waals surface area contributed by atoms with Crippen LogP contribution in [0.5, 0.6) is 5.88 Å². The highest BCUT2D eigenvalue weighted by Crippen LogP contribution is 2.21. The van der Waals surface area contributed by atoms with Gasteiger partial charge in [-0.25, -0.2) is 4.98 Å². The third-order valence-electron chi connectivity index (χ3n) is 2.60. The molecule has 0 atom stereocenters. The Kier molecular flexibility index (Phi) is 4.12. The van der Waals surface area contributed by atoms with Crippen molar-refractivity contribution >= 4 is 5.97 Å². The second-order valence-corrected chi connectivity index (χ2v) is 3.85. The zero-order valence-electron chi connectivity index (χ0n) is 10.8. The number of rotatable bonds is 5. The Bertz CT molecular complexity index is 548. The molecule has 0 radical (unpaired) electrons. The number of hydrogen-bond donors (Lipinski definition) is 0. The largest absolute Gasteiger partial charge is 0.481 e. The minimum absolute atomic E-state index is 0.268. The van der Waals surface area contributed by atoms with E-state index in [2.05, 4.69) is 14.9 Å². The van der Waals surface area contributed by atoms with Gasteiger partial charge in [0.15, 0.2) is 5.76 Å². The van der Waals surface area contributed by atoms with Crippen molar-refractivity contribution in [2.75, 3.05) is 14.2 Å². The van der Waals surface area contributed by atoms with Crippen molar-refractivity contribution in [3.05, 3.63) is 30.1 Å². The number of aryl methyl sites for hydroxylation is 1. The molecule has 0 unspecified atom stereocenters. The molecule has 0 aromatic carbocycles. The van der Waals surface area contributed by atoms with E-state index in [-0.39, 0.29) is 12.4 Å². The Morgan fingerprint density at radius 1 is 1.37 bits per heavy atom. The van der Waals surface area contributed by atoms with Crippen LogP contribution < -0.4 is 4.74 Å². The van der Waals surface area contributed by atoms with Gasteiger partial charge < -0.3 is 14.0 Å². The summed E-state index contributed by atoms with van der Waals surface area (Å²) in [5, 5.41) is 3.90. The zero-order valence-corrected chi connectivity index (χ0v) is 10.8. The lowest BCUT2D eigenvalue weighted by atomic mass is 10.2. The van der Waals surface area contributed by atoms with Crippen LogP contribution in [0.15, 0.2) is 28.9 Å². The molecular weight excluding hydrogens is 248 g/mol. The summed E-state index contributed by atoms with van der Waals surface area (Å²) >= 11 is 0. The second kappa shape index (κ2) is 5.99. The Morgan fingerprint density at radius 2 is 2.21 bits per heavy atom. The van der Waals surface area contributed by atoms with Crippen molar-refractivity contribution in [2.24, 2.45) is 0 Å². The maximum Gasteiger partial charge on any atom is 0.305 e. The van der Waals surface area contributed by atoms with Gasteiger partial charge >= 0.3 is 5.97 Å². The topological polar surface area (TPSA) is 74.5 Å². The molecule has 6 heteroatoms. The maximum absolute atomic E-state index is 11.0. The summed E-state index contributed by atoms with van der Waals surface area (Å²) in [4.78, 5) is 15.1. The van der Waals surface area contributed by atoms with Gasteiger partial charge in [0.1, 0.15) is 0 Å². The highest BCUT2D eigenvalue weighted by molar-refractivity contribution is 5.69. The average Bonchev–Trinajstić information content (AvgIpc) is 2.93. The third kappa shape index (κ3) is 3.31. The van der Waals surface area contributed by atoms with Crippen molar-refractivity contribution in [1.29, 1.82) is 0 Å². The summed E-state index contributed by atoms with van der Waals surface area (Å²) in [5.74, 6) is 0.875. The van der Waals surface area contributed by atoms with E-state index >= 15 is 0 Å². The van der Waals surface area contributed by atoms with Gasteiger partial charge in [0.05, 0.1) is 26.3 Å². The van der Waals surface area contributed by atoms with Gasteiger partial charge in [0, 0.05) is 30.3 Å². The molecule has 0 saturated carbocycles. The molecule has 0 saturated heterocycles. The van der Waals surface area contributed by atoms with Gasteiger partial charge in [0.25, 0.3) is 0 Å². The number of ether oxygens (including phenoxy) is 2. The van der Waals surface area contributed by atoms with Gasteiger partial charge in [0.2, 0.25) is 5.88 Å². The first kappa shape index (κ1) is 13.1. The molecule has 0 N–H and O–H groups in total. The third-order valence-corrected chi connectivity index (χ3v) is 2.60. The van der Waals surface area contributed by atoms with Crippen LogP contribution in [0.2, 0.25) is 0 Å². The van der Waals surface area contributed by atoms with Crippen LogP contribution in [-0.4, -0.2) is 30.3 Å². The number of nitrogens with zero attached hydrogens (tertiary/aromatic N) is 2. The predicted molar refractivity (Wildman–Crippen MR) is 66.6 cm³/mol. The van der Waals surface area contributed by atoms with Gasteiger partial charge in [-0.1, -0.05) is 5.16 Å². The highest BCUT2D eigenvalue weighted by atomic mass is 16.5. The molecule has 19 heavy (non-hydrogen) atoms. The molecule has 2 aromatic rings. The molecular formula is C13H14N2O4. The number of pyridine rings is 1. The normalized spacial score (nSPS) is 10.2. The summed E-state index contributed by atoms with van der Waals surface area (Å²) in [5.41, 5.74) is 1.51. The van der Waals surface area contributed by atoms with Crippen LogP contribution in [0.1, 0.15) is 12.1 Å². The quantitative estimate of drug-likeness (QED) is 0.765. The number of aromatic nitrogens is 2. The lowest BCUT2D eigenvalue weighted by Crippen LogP contribution is -2.01. The predicted octanol–water partition coefficient (Wildman–Crippen LogP) is 1.85. The Hall–Kier alpha value is -2.37. The van der Waals surface area contributed by atoms with Crippen molar-refractivity contribution in [3.8, 4) is 17.2 Å². The van der Waals surface area contributed by atoms with Crippen LogP contribution in [0.3, 0.4) is 0 Å².